The SMILES string of the molecule is CC(=O)OC(CC(=O)O[C@@H](C)C(C)(C)C)C(=O)ON1C(=O)CCC1=O.O=C=O. The first-order chi connectivity index (χ1) is 12.8. The molecule has 0 aromatic heterocycles. The van der Waals surface area contributed by atoms with Gasteiger partial charge in [0.25, 0.3) is 11.8 Å². The molecule has 1 aliphatic heterocycles. The first-order valence-corrected chi connectivity index (χ1v) is 8.27. The average Bonchev–Trinajstić information content (AvgIpc) is 2.85. The Hall–Kier alpha value is -3.07. The molecule has 1 saturated heterocycles. The van der Waals surface area contributed by atoms with Crippen molar-refractivity contribution in [3.05, 3.63) is 0 Å². The van der Waals surface area contributed by atoms with E-state index in [9.17, 15) is 24.0 Å². The summed E-state index contributed by atoms with van der Waals surface area (Å²) in [7, 11) is 0. The lowest BCUT2D eigenvalue weighted by Gasteiger charge is -2.27. The first kappa shape index (κ1) is 24.9. The van der Waals surface area contributed by atoms with E-state index in [1.807, 2.05) is 20.8 Å². The Labute approximate surface area is 161 Å². The number of imide groups is 1. The largest absolute Gasteiger partial charge is 0.462 e. The van der Waals surface area contributed by atoms with Gasteiger partial charge in [-0.15, -0.1) is 5.06 Å². The second-order valence-electron chi connectivity index (χ2n) is 6.88. The molecule has 2 atom stereocenters. The lowest BCUT2D eigenvalue weighted by Crippen LogP contribution is -2.40. The number of carbonyl (C=O) groups excluding carboxylic acids is 7. The van der Waals surface area contributed by atoms with Gasteiger partial charge in [-0.05, 0) is 12.3 Å². The van der Waals surface area contributed by atoms with E-state index < -0.39 is 48.4 Å². The number of hydrogen-bond acceptors (Lipinski definition) is 10. The minimum atomic E-state index is -1.61. The fourth-order valence-electron chi connectivity index (χ4n) is 1.75. The molecule has 1 heterocycles. The van der Waals surface area contributed by atoms with Crippen LogP contribution in [-0.4, -0.2) is 53.1 Å². The molecule has 0 radical (unpaired) electrons. The highest BCUT2D eigenvalue weighted by atomic mass is 16.7. The summed E-state index contributed by atoms with van der Waals surface area (Å²) in [5, 5.41) is 0.321. The molecule has 156 valence electrons. The molecular formula is C17H23NO10. The van der Waals surface area contributed by atoms with Crippen LogP contribution in [0.25, 0.3) is 0 Å². The van der Waals surface area contributed by atoms with Crippen LogP contribution in [0.4, 0.5) is 0 Å². The molecule has 28 heavy (non-hydrogen) atoms. The van der Waals surface area contributed by atoms with E-state index >= 15 is 0 Å². The summed E-state index contributed by atoms with van der Waals surface area (Å²) in [5.41, 5.74) is -0.318. The summed E-state index contributed by atoms with van der Waals surface area (Å²) in [6.45, 7) is 8.35. The maximum absolute atomic E-state index is 12.1. The Morgan fingerprint density at radius 2 is 1.54 bits per heavy atom. The number of hydrogen-bond donors (Lipinski definition) is 0. The highest BCUT2D eigenvalue weighted by Crippen LogP contribution is 2.22. The molecule has 1 unspecified atom stereocenters. The first-order valence-electron chi connectivity index (χ1n) is 8.27. The summed E-state index contributed by atoms with van der Waals surface area (Å²) in [6, 6.07) is 0. The maximum atomic E-state index is 12.1. The Morgan fingerprint density at radius 3 is 1.93 bits per heavy atom. The normalized spacial score (nSPS) is 15.5. The zero-order valence-corrected chi connectivity index (χ0v) is 16.3. The van der Waals surface area contributed by atoms with Crippen LogP contribution in [-0.2, 0) is 47.9 Å². The quantitative estimate of drug-likeness (QED) is 0.449. The number of esters is 2. The number of carbonyl (C=O) groups is 5. The number of amides is 2. The predicted molar refractivity (Wildman–Crippen MR) is 87.4 cm³/mol. The molecule has 0 spiro atoms. The van der Waals surface area contributed by atoms with Crippen LogP contribution in [0.1, 0.15) is 53.9 Å². The molecular weight excluding hydrogens is 378 g/mol. The minimum absolute atomic E-state index is 0.0739. The summed E-state index contributed by atoms with van der Waals surface area (Å²) < 4.78 is 9.97. The van der Waals surface area contributed by atoms with Crippen LogP contribution in [0, 0.1) is 5.41 Å². The Kier molecular flexibility index (Phi) is 9.73. The van der Waals surface area contributed by atoms with Crippen molar-refractivity contribution in [3.63, 3.8) is 0 Å². The van der Waals surface area contributed by atoms with E-state index in [2.05, 4.69) is 4.84 Å². The van der Waals surface area contributed by atoms with E-state index in [4.69, 9.17) is 19.1 Å². The van der Waals surface area contributed by atoms with Gasteiger partial charge >= 0.3 is 24.1 Å². The Bertz CT molecular complexity index is 641. The van der Waals surface area contributed by atoms with Crippen molar-refractivity contribution in [2.24, 2.45) is 5.41 Å². The fourth-order valence-corrected chi connectivity index (χ4v) is 1.75. The Balaban J connectivity index is 0.00000227. The van der Waals surface area contributed by atoms with Gasteiger partial charge in [-0.25, -0.2) is 4.79 Å². The van der Waals surface area contributed by atoms with E-state index in [-0.39, 0.29) is 24.4 Å². The molecule has 0 bridgehead atoms. The van der Waals surface area contributed by atoms with Crippen LogP contribution in [0.15, 0.2) is 0 Å². The topological polar surface area (TPSA) is 150 Å². The second kappa shape index (κ2) is 10.9. The molecule has 11 heteroatoms. The highest BCUT2D eigenvalue weighted by Gasteiger charge is 2.37. The van der Waals surface area contributed by atoms with Crippen molar-refractivity contribution < 1.29 is 47.9 Å². The lowest BCUT2D eigenvalue weighted by atomic mass is 9.90. The van der Waals surface area contributed by atoms with Crippen molar-refractivity contribution in [3.8, 4) is 0 Å². The second-order valence-corrected chi connectivity index (χ2v) is 6.88. The molecule has 2 amide bonds. The molecule has 0 aliphatic carbocycles. The molecule has 1 aliphatic rings. The summed E-state index contributed by atoms with van der Waals surface area (Å²) >= 11 is 0. The molecule has 0 aromatic carbocycles. The fraction of sp³-hybridized carbons (Fsp3) is 0.647. The van der Waals surface area contributed by atoms with Crippen molar-refractivity contribution in [2.45, 2.75) is 66.1 Å². The van der Waals surface area contributed by atoms with E-state index in [0.29, 0.717) is 5.06 Å². The molecule has 1 rings (SSSR count). The molecule has 0 N–H and O–H groups in total. The van der Waals surface area contributed by atoms with Crippen LogP contribution in [0.3, 0.4) is 0 Å². The van der Waals surface area contributed by atoms with E-state index in [0.717, 1.165) is 6.92 Å². The third kappa shape index (κ3) is 8.54. The third-order valence-corrected chi connectivity index (χ3v) is 3.64. The highest BCUT2D eigenvalue weighted by molar-refractivity contribution is 6.02. The number of ether oxygens (including phenoxy) is 2. The monoisotopic (exact) mass is 401 g/mol. The van der Waals surface area contributed by atoms with E-state index in [1.54, 1.807) is 6.92 Å². The van der Waals surface area contributed by atoms with Crippen LogP contribution < -0.4 is 0 Å². The number of hydroxylamine groups is 2. The van der Waals surface area contributed by atoms with Crippen molar-refractivity contribution in [1.82, 2.24) is 5.06 Å². The molecule has 1 fully saturated rings. The molecule has 11 nitrogen and oxygen atoms in total. The minimum Gasteiger partial charge on any atom is -0.462 e. The summed E-state index contributed by atoms with van der Waals surface area (Å²) in [5.74, 6) is -4.14. The van der Waals surface area contributed by atoms with E-state index in [1.165, 1.54) is 0 Å². The summed E-state index contributed by atoms with van der Waals surface area (Å²) in [6.07, 6.45) is -2.55. The van der Waals surface area contributed by atoms with Gasteiger partial charge in [0, 0.05) is 19.8 Å². The maximum Gasteiger partial charge on any atom is 0.374 e. The zero-order chi connectivity index (χ0) is 22.1. The van der Waals surface area contributed by atoms with Crippen LogP contribution in [0.2, 0.25) is 0 Å². The predicted octanol–water partition coefficient (Wildman–Crippen LogP) is 0.310. The molecule has 0 aromatic rings. The van der Waals surface area contributed by atoms with Gasteiger partial charge in [-0.2, -0.15) is 9.59 Å². The smallest absolute Gasteiger partial charge is 0.374 e. The number of nitrogens with zero attached hydrogens (tertiary/aromatic N) is 1. The number of rotatable bonds is 6. The van der Waals surface area contributed by atoms with Gasteiger partial charge in [0.1, 0.15) is 6.10 Å². The van der Waals surface area contributed by atoms with Gasteiger partial charge in [0.2, 0.25) is 6.10 Å². The van der Waals surface area contributed by atoms with Gasteiger partial charge in [0.05, 0.1) is 6.42 Å². The van der Waals surface area contributed by atoms with Gasteiger partial charge in [-0.1, -0.05) is 20.8 Å². The van der Waals surface area contributed by atoms with Gasteiger partial charge < -0.3 is 14.3 Å². The van der Waals surface area contributed by atoms with Crippen molar-refractivity contribution in [2.75, 3.05) is 0 Å². The van der Waals surface area contributed by atoms with Crippen molar-refractivity contribution in [1.29, 1.82) is 0 Å². The Morgan fingerprint density at radius 1 is 1.07 bits per heavy atom. The van der Waals surface area contributed by atoms with Crippen LogP contribution in [0.5, 0.6) is 0 Å². The molecule has 0 saturated carbocycles. The van der Waals surface area contributed by atoms with Crippen LogP contribution >= 0.6 is 0 Å². The third-order valence-electron chi connectivity index (χ3n) is 3.64. The van der Waals surface area contributed by atoms with Crippen molar-refractivity contribution >= 4 is 35.9 Å². The van der Waals surface area contributed by atoms with Gasteiger partial charge in [0.15, 0.2) is 0 Å². The summed E-state index contributed by atoms with van der Waals surface area (Å²) in [4.78, 5) is 79.1. The average molecular weight is 401 g/mol. The van der Waals surface area contributed by atoms with Gasteiger partial charge in [-0.3, -0.25) is 19.2 Å². The zero-order valence-electron chi connectivity index (χ0n) is 16.3. The lowest BCUT2D eigenvalue weighted by molar-refractivity contribution is -0.206. The standard InChI is InChI=1S/C16H23NO8.CO2/c1-9(16(3,4)5)23-14(21)8-11(24-10(2)18)15(22)25-17-12(19)6-7-13(17)20;2-1-3/h9,11H,6-8H2,1-5H3;/t9-,11?;/m0./s1.